The first-order chi connectivity index (χ1) is 14.7. The van der Waals surface area contributed by atoms with Crippen LogP contribution in [0, 0.1) is 29.1 Å². The van der Waals surface area contributed by atoms with E-state index in [9.17, 15) is 4.79 Å². The predicted octanol–water partition coefficient (Wildman–Crippen LogP) is 7.69. The van der Waals surface area contributed by atoms with Gasteiger partial charge in [-0.1, -0.05) is 59.6 Å². The molecule has 0 heterocycles. The average Bonchev–Trinajstić information content (AvgIpc) is 3.08. The normalized spacial score (nSPS) is 28.9. The van der Waals surface area contributed by atoms with E-state index in [0.29, 0.717) is 5.41 Å². The van der Waals surface area contributed by atoms with Gasteiger partial charge in [-0.15, -0.1) is 0 Å². The van der Waals surface area contributed by atoms with Crippen molar-refractivity contribution < 1.29 is 9.53 Å². The van der Waals surface area contributed by atoms with E-state index in [0.717, 1.165) is 48.2 Å². The standard InChI is InChI=1S/C29H42O2/c1-18(2)19(3)7-8-20(4)27-13-14-28-26-11-9-22-17-23(31-21(5)30)10-12-24(22)25(26)15-16-29(27,28)6/h9,11,17-20,27-28H,7-8,10,12-16H2,1-6H3. The summed E-state index contributed by atoms with van der Waals surface area (Å²) in [4.78, 5) is 11.4. The first-order valence-corrected chi connectivity index (χ1v) is 12.7. The van der Waals surface area contributed by atoms with E-state index in [1.54, 1.807) is 11.1 Å². The Morgan fingerprint density at radius 2 is 1.84 bits per heavy atom. The third-order valence-corrected chi connectivity index (χ3v) is 9.32. The number of allylic oxidation sites excluding steroid dienone is 1. The number of rotatable bonds is 6. The number of ether oxygens (including phenoxy) is 1. The van der Waals surface area contributed by atoms with Crippen LogP contribution < -0.4 is 0 Å². The van der Waals surface area contributed by atoms with Crippen molar-refractivity contribution in [3.63, 3.8) is 0 Å². The highest BCUT2D eigenvalue weighted by Gasteiger charge is 2.51. The van der Waals surface area contributed by atoms with Gasteiger partial charge in [0.1, 0.15) is 5.76 Å². The van der Waals surface area contributed by atoms with E-state index in [2.05, 4.69) is 52.8 Å². The highest BCUT2D eigenvalue weighted by Crippen LogP contribution is 2.61. The van der Waals surface area contributed by atoms with Crippen LogP contribution in [0.15, 0.2) is 17.9 Å². The smallest absolute Gasteiger partial charge is 0.307 e. The summed E-state index contributed by atoms with van der Waals surface area (Å²) in [7, 11) is 0. The summed E-state index contributed by atoms with van der Waals surface area (Å²) in [6, 6.07) is 4.71. The highest BCUT2D eigenvalue weighted by atomic mass is 16.5. The molecule has 1 aromatic carbocycles. The molecule has 0 radical (unpaired) electrons. The van der Waals surface area contributed by atoms with Crippen molar-refractivity contribution in [2.45, 2.75) is 98.8 Å². The van der Waals surface area contributed by atoms with Crippen LogP contribution in [0.5, 0.6) is 0 Å². The Hall–Kier alpha value is -1.57. The molecule has 0 N–H and O–H groups in total. The second kappa shape index (κ2) is 8.75. The fourth-order valence-corrected chi connectivity index (χ4v) is 7.06. The van der Waals surface area contributed by atoms with Crippen LogP contribution >= 0.6 is 0 Å². The van der Waals surface area contributed by atoms with Gasteiger partial charge in [-0.05, 0) is 95.4 Å². The Labute approximate surface area is 189 Å². The fraction of sp³-hybridized carbons (Fsp3) is 0.690. The maximum atomic E-state index is 11.4. The average molecular weight is 423 g/mol. The van der Waals surface area contributed by atoms with Crippen molar-refractivity contribution in [1.29, 1.82) is 0 Å². The van der Waals surface area contributed by atoms with Crippen molar-refractivity contribution in [3.8, 4) is 0 Å². The van der Waals surface area contributed by atoms with Gasteiger partial charge in [-0.25, -0.2) is 0 Å². The van der Waals surface area contributed by atoms with E-state index >= 15 is 0 Å². The minimum Gasteiger partial charge on any atom is -0.431 e. The minimum atomic E-state index is -0.211. The molecule has 31 heavy (non-hydrogen) atoms. The van der Waals surface area contributed by atoms with Crippen LogP contribution in [0.4, 0.5) is 0 Å². The molecule has 2 nitrogen and oxygen atoms in total. The van der Waals surface area contributed by atoms with Crippen LogP contribution in [0.1, 0.15) is 108 Å². The van der Waals surface area contributed by atoms with E-state index in [1.807, 2.05) is 0 Å². The van der Waals surface area contributed by atoms with Gasteiger partial charge in [0, 0.05) is 13.3 Å². The van der Waals surface area contributed by atoms with E-state index in [1.165, 1.54) is 56.6 Å². The molecule has 1 aromatic rings. The van der Waals surface area contributed by atoms with Crippen LogP contribution in [0.2, 0.25) is 0 Å². The fourth-order valence-electron chi connectivity index (χ4n) is 7.06. The molecule has 1 fully saturated rings. The minimum absolute atomic E-state index is 0.211. The molecule has 5 atom stereocenters. The molecule has 3 aliphatic rings. The molecule has 0 aromatic heterocycles. The predicted molar refractivity (Wildman–Crippen MR) is 129 cm³/mol. The van der Waals surface area contributed by atoms with E-state index < -0.39 is 0 Å². The molecule has 4 rings (SSSR count). The summed E-state index contributed by atoms with van der Waals surface area (Å²) >= 11 is 0. The van der Waals surface area contributed by atoms with E-state index in [4.69, 9.17) is 4.74 Å². The zero-order valence-corrected chi connectivity index (χ0v) is 20.6. The number of hydrogen-bond donors (Lipinski definition) is 0. The number of esters is 1. The molecule has 1 saturated carbocycles. The Bertz CT molecular complexity index is 864. The van der Waals surface area contributed by atoms with Crippen LogP contribution in [0.25, 0.3) is 6.08 Å². The summed E-state index contributed by atoms with van der Waals surface area (Å²) in [6.07, 6.45) is 12.0. The summed E-state index contributed by atoms with van der Waals surface area (Å²) in [5.74, 6) is 4.64. The largest absolute Gasteiger partial charge is 0.431 e. The van der Waals surface area contributed by atoms with Crippen molar-refractivity contribution in [1.82, 2.24) is 0 Å². The maximum Gasteiger partial charge on any atom is 0.307 e. The summed E-state index contributed by atoms with van der Waals surface area (Å²) < 4.78 is 5.39. The molecule has 0 saturated heterocycles. The number of benzene rings is 1. The molecule has 2 heteroatoms. The second-order valence-electron chi connectivity index (χ2n) is 11.4. The summed E-state index contributed by atoms with van der Waals surface area (Å²) in [6.45, 7) is 13.8. The Morgan fingerprint density at radius 1 is 1.06 bits per heavy atom. The van der Waals surface area contributed by atoms with Gasteiger partial charge in [0.25, 0.3) is 0 Å². The van der Waals surface area contributed by atoms with Crippen molar-refractivity contribution in [3.05, 3.63) is 40.1 Å². The quantitative estimate of drug-likeness (QED) is 0.439. The lowest BCUT2D eigenvalue weighted by Crippen LogP contribution is -2.35. The number of hydrogen-bond acceptors (Lipinski definition) is 2. The molecular formula is C29H42O2. The lowest BCUT2D eigenvalue weighted by Gasteiger charge is -2.45. The molecule has 3 aliphatic carbocycles. The third kappa shape index (κ3) is 4.24. The van der Waals surface area contributed by atoms with Gasteiger partial charge in [-0.3, -0.25) is 4.79 Å². The number of carbonyl (C=O) groups excluding carboxylic acids is 1. The van der Waals surface area contributed by atoms with E-state index in [-0.39, 0.29) is 5.97 Å². The number of fused-ring (bicyclic) bond motifs is 5. The summed E-state index contributed by atoms with van der Waals surface area (Å²) in [5, 5.41) is 0. The van der Waals surface area contributed by atoms with Gasteiger partial charge in [0.2, 0.25) is 0 Å². The van der Waals surface area contributed by atoms with Crippen LogP contribution in [-0.4, -0.2) is 5.97 Å². The Kier molecular flexibility index (Phi) is 6.39. The van der Waals surface area contributed by atoms with Crippen LogP contribution in [-0.2, 0) is 22.4 Å². The second-order valence-corrected chi connectivity index (χ2v) is 11.4. The van der Waals surface area contributed by atoms with Gasteiger partial charge in [-0.2, -0.15) is 0 Å². The molecule has 170 valence electrons. The first-order valence-electron chi connectivity index (χ1n) is 12.7. The lowest BCUT2D eigenvalue weighted by molar-refractivity contribution is -0.137. The molecule has 0 amide bonds. The lowest BCUT2D eigenvalue weighted by atomic mass is 9.60. The molecule has 0 spiro atoms. The van der Waals surface area contributed by atoms with Crippen molar-refractivity contribution in [2.75, 3.05) is 0 Å². The van der Waals surface area contributed by atoms with Gasteiger partial charge in [0.05, 0.1) is 0 Å². The zero-order chi connectivity index (χ0) is 22.3. The Morgan fingerprint density at radius 3 is 2.55 bits per heavy atom. The topological polar surface area (TPSA) is 26.3 Å². The van der Waals surface area contributed by atoms with Gasteiger partial charge < -0.3 is 4.74 Å². The van der Waals surface area contributed by atoms with Crippen molar-refractivity contribution in [2.24, 2.45) is 29.1 Å². The molecule has 0 aliphatic heterocycles. The van der Waals surface area contributed by atoms with Crippen LogP contribution in [0.3, 0.4) is 0 Å². The molecular weight excluding hydrogens is 380 g/mol. The van der Waals surface area contributed by atoms with Crippen molar-refractivity contribution >= 4 is 12.0 Å². The molecule has 0 bridgehead atoms. The third-order valence-electron chi connectivity index (χ3n) is 9.32. The Balaban J connectivity index is 1.54. The number of carbonyl (C=O) groups is 1. The van der Waals surface area contributed by atoms with Gasteiger partial charge in [0.15, 0.2) is 0 Å². The first kappa shape index (κ1) is 22.6. The zero-order valence-electron chi connectivity index (χ0n) is 20.6. The summed E-state index contributed by atoms with van der Waals surface area (Å²) in [5.41, 5.74) is 6.52. The SMILES string of the molecule is CC(=O)OC1=Cc2ccc3c(c2CC1)CCC1(C)C3CCC1C(C)CCC(C)C(C)C. The van der Waals surface area contributed by atoms with Gasteiger partial charge >= 0.3 is 5.97 Å². The monoisotopic (exact) mass is 422 g/mol. The highest BCUT2D eigenvalue weighted by molar-refractivity contribution is 5.70. The maximum absolute atomic E-state index is 11.4. The molecule has 5 unspecified atom stereocenters.